The number of hydrogen-bond acceptors (Lipinski definition) is 4. The summed E-state index contributed by atoms with van der Waals surface area (Å²) in [5.41, 5.74) is 1.20. The third-order valence-electron chi connectivity index (χ3n) is 6.27. The molecular weight excluding hydrogens is 402 g/mol. The summed E-state index contributed by atoms with van der Waals surface area (Å²) in [5, 5.41) is 33.9. The molecule has 0 radical (unpaired) electrons. The van der Waals surface area contributed by atoms with E-state index in [9.17, 15) is 20.1 Å². The minimum Gasteiger partial charge on any atom is -0.393 e. The van der Waals surface area contributed by atoms with Crippen LogP contribution < -0.4 is 5.32 Å². The van der Waals surface area contributed by atoms with E-state index in [-0.39, 0.29) is 17.7 Å². The number of carbonyl (C=O) groups is 1. The molecule has 0 saturated heterocycles. The van der Waals surface area contributed by atoms with Crippen LogP contribution in [0, 0.1) is 11.8 Å². The van der Waals surface area contributed by atoms with Gasteiger partial charge in [-0.15, -0.1) is 0 Å². The maximum atomic E-state index is 11.4. The van der Waals surface area contributed by atoms with Crippen LogP contribution in [0.2, 0.25) is 0 Å². The zero-order valence-electron chi connectivity index (χ0n) is 19.4. The summed E-state index contributed by atoms with van der Waals surface area (Å²) in [6.45, 7) is 2.61. The van der Waals surface area contributed by atoms with Gasteiger partial charge in [0.05, 0.1) is 18.3 Å². The second kappa shape index (κ2) is 15.0. The summed E-state index contributed by atoms with van der Waals surface area (Å²) in [7, 11) is 0. The van der Waals surface area contributed by atoms with Crippen molar-refractivity contribution >= 4 is 5.91 Å². The topological polar surface area (TPSA) is 89.8 Å². The predicted molar refractivity (Wildman–Crippen MR) is 129 cm³/mol. The number of hydrogen-bond donors (Lipinski definition) is 4. The van der Waals surface area contributed by atoms with Crippen molar-refractivity contribution in [3.8, 4) is 0 Å². The van der Waals surface area contributed by atoms with Gasteiger partial charge in [0.15, 0.2) is 0 Å². The van der Waals surface area contributed by atoms with Crippen LogP contribution in [0.5, 0.6) is 0 Å². The van der Waals surface area contributed by atoms with Gasteiger partial charge >= 0.3 is 0 Å². The van der Waals surface area contributed by atoms with Crippen molar-refractivity contribution in [2.45, 2.75) is 83.0 Å². The van der Waals surface area contributed by atoms with Crippen LogP contribution in [0.1, 0.15) is 63.9 Å². The second-order valence-electron chi connectivity index (χ2n) is 8.85. The number of allylic oxidation sites excluding steroid dienone is 2. The number of amides is 1. The SMILES string of the molecule is CCNC(=O)CCCCC/C=C\C[C@@H]1[C@@H](/C=C/[C@@H](O)CCc2ccccc2)[C@H](O)C[C@@H]1O. The lowest BCUT2D eigenvalue weighted by Gasteiger charge is -2.19. The van der Waals surface area contributed by atoms with Gasteiger partial charge in [-0.25, -0.2) is 0 Å². The van der Waals surface area contributed by atoms with E-state index in [0.717, 1.165) is 32.1 Å². The number of carbonyl (C=O) groups excluding carboxylic acids is 1. The molecule has 0 aliphatic heterocycles. The number of aryl methyl sites for hydroxylation is 1. The van der Waals surface area contributed by atoms with Gasteiger partial charge in [-0.05, 0) is 56.9 Å². The molecule has 1 aromatic carbocycles. The maximum absolute atomic E-state index is 11.4. The molecule has 1 saturated carbocycles. The lowest BCUT2D eigenvalue weighted by molar-refractivity contribution is -0.121. The predicted octanol–water partition coefficient (Wildman–Crippen LogP) is 3.93. The first-order valence-electron chi connectivity index (χ1n) is 12.2. The van der Waals surface area contributed by atoms with E-state index in [1.54, 1.807) is 6.08 Å². The molecule has 5 atom stereocenters. The van der Waals surface area contributed by atoms with Crippen molar-refractivity contribution in [2.75, 3.05) is 6.54 Å². The molecule has 1 aliphatic rings. The van der Waals surface area contributed by atoms with Gasteiger partial charge in [0.25, 0.3) is 0 Å². The van der Waals surface area contributed by atoms with Crippen molar-refractivity contribution in [1.82, 2.24) is 5.32 Å². The van der Waals surface area contributed by atoms with Crippen LogP contribution >= 0.6 is 0 Å². The summed E-state index contributed by atoms with van der Waals surface area (Å²) in [4.78, 5) is 11.4. The number of aliphatic hydroxyl groups excluding tert-OH is 3. The molecule has 0 spiro atoms. The normalized spacial score (nSPS) is 24.4. The Morgan fingerprint density at radius 2 is 1.91 bits per heavy atom. The first kappa shape index (κ1) is 26.3. The molecule has 32 heavy (non-hydrogen) atoms. The van der Waals surface area contributed by atoms with E-state index in [2.05, 4.69) is 29.6 Å². The molecule has 0 unspecified atom stereocenters. The highest BCUT2D eigenvalue weighted by Crippen LogP contribution is 2.36. The Labute approximate surface area is 193 Å². The monoisotopic (exact) mass is 443 g/mol. The molecule has 178 valence electrons. The third kappa shape index (κ3) is 9.68. The van der Waals surface area contributed by atoms with Crippen LogP contribution in [0.3, 0.4) is 0 Å². The highest BCUT2D eigenvalue weighted by atomic mass is 16.3. The van der Waals surface area contributed by atoms with E-state index >= 15 is 0 Å². The second-order valence-corrected chi connectivity index (χ2v) is 8.85. The van der Waals surface area contributed by atoms with Crippen molar-refractivity contribution in [3.05, 3.63) is 60.2 Å². The average molecular weight is 444 g/mol. The first-order valence-corrected chi connectivity index (χ1v) is 12.2. The molecule has 1 aliphatic carbocycles. The van der Waals surface area contributed by atoms with Crippen LogP contribution in [-0.4, -0.2) is 46.1 Å². The molecule has 5 nitrogen and oxygen atoms in total. The fraction of sp³-hybridized carbons (Fsp3) is 0.593. The molecule has 0 bridgehead atoms. The van der Waals surface area contributed by atoms with Crippen LogP contribution in [0.15, 0.2) is 54.6 Å². The minimum absolute atomic E-state index is 0.0310. The Hall–Kier alpha value is -1.95. The van der Waals surface area contributed by atoms with Crippen LogP contribution in [-0.2, 0) is 11.2 Å². The van der Waals surface area contributed by atoms with Crippen molar-refractivity contribution < 1.29 is 20.1 Å². The zero-order valence-corrected chi connectivity index (χ0v) is 19.4. The lowest BCUT2D eigenvalue weighted by Crippen LogP contribution is -2.21. The van der Waals surface area contributed by atoms with Gasteiger partial charge in [0, 0.05) is 25.3 Å². The third-order valence-corrected chi connectivity index (χ3v) is 6.27. The highest BCUT2D eigenvalue weighted by Gasteiger charge is 2.39. The quantitative estimate of drug-likeness (QED) is 0.259. The molecule has 0 aromatic heterocycles. The number of benzene rings is 1. The molecule has 4 N–H and O–H groups in total. The van der Waals surface area contributed by atoms with E-state index in [0.29, 0.717) is 32.2 Å². The Morgan fingerprint density at radius 3 is 2.66 bits per heavy atom. The van der Waals surface area contributed by atoms with E-state index in [1.807, 2.05) is 31.2 Å². The Kier molecular flexibility index (Phi) is 12.3. The van der Waals surface area contributed by atoms with Gasteiger partial charge < -0.3 is 20.6 Å². The van der Waals surface area contributed by atoms with E-state index < -0.39 is 18.3 Å². The fourth-order valence-electron chi connectivity index (χ4n) is 4.40. The van der Waals surface area contributed by atoms with E-state index in [4.69, 9.17) is 0 Å². The van der Waals surface area contributed by atoms with Gasteiger partial charge in [-0.2, -0.15) is 0 Å². The number of rotatable bonds is 14. The summed E-state index contributed by atoms with van der Waals surface area (Å²) in [5.74, 6) is -0.0456. The fourth-order valence-corrected chi connectivity index (χ4v) is 4.40. The Bertz CT molecular complexity index is 703. The maximum Gasteiger partial charge on any atom is 0.219 e. The van der Waals surface area contributed by atoms with Crippen LogP contribution in [0.25, 0.3) is 0 Å². The molecule has 5 heteroatoms. The zero-order chi connectivity index (χ0) is 23.2. The molecule has 1 aromatic rings. The largest absolute Gasteiger partial charge is 0.393 e. The van der Waals surface area contributed by atoms with Crippen molar-refractivity contribution in [1.29, 1.82) is 0 Å². The molecule has 0 heterocycles. The number of aliphatic hydroxyl groups is 3. The summed E-state index contributed by atoms with van der Waals surface area (Å²) < 4.78 is 0. The molecular formula is C27H41NO4. The molecule has 1 fully saturated rings. The van der Waals surface area contributed by atoms with Crippen molar-refractivity contribution in [2.24, 2.45) is 11.8 Å². The van der Waals surface area contributed by atoms with Gasteiger partial charge in [0.2, 0.25) is 5.91 Å². The van der Waals surface area contributed by atoms with Gasteiger partial charge in [0.1, 0.15) is 0 Å². The van der Waals surface area contributed by atoms with Gasteiger partial charge in [-0.1, -0.05) is 61.1 Å². The minimum atomic E-state index is -0.574. The lowest BCUT2D eigenvalue weighted by atomic mass is 9.89. The summed E-state index contributed by atoms with van der Waals surface area (Å²) in [6.07, 6.45) is 13.3. The standard InChI is InChI=1S/C27H41NO4/c1-2-28-27(32)15-11-6-4-3-5-10-14-23-24(26(31)20-25(23)30)19-18-22(29)17-16-21-12-8-7-9-13-21/h5,7-10,12-13,18-19,22-26,29-31H,2-4,6,11,14-17,20H2,1H3,(H,28,32)/b10-5-,19-18+/t22-,23+,24+,25-,26+/m0/s1. The number of nitrogens with one attached hydrogen (secondary N) is 1. The first-order chi connectivity index (χ1) is 15.5. The smallest absolute Gasteiger partial charge is 0.219 e. The molecule has 1 amide bonds. The van der Waals surface area contributed by atoms with Crippen LogP contribution in [0.4, 0.5) is 0 Å². The summed E-state index contributed by atoms with van der Waals surface area (Å²) in [6, 6.07) is 10.1. The Morgan fingerprint density at radius 1 is 1.12 bits per heavy atom. The molecule has 2 rings (SSSR count). The number of unbranched alkanes of at least 4 members (excludes halogenated alkanes) is 3. The van der Waals surface area contributed by atoms with E-state index in [1.165, 1.54) is 5.56 Å². The van der Waals surface area contributed by atoms with Crippen molar-refractivity contribution in [3.63, 3.8) is 0 Å². The van der Waals surface area contributed by atoms with Gasteiger partial charge in [-0.3, -0.25) is 4.79 Å². The average Bonchev–Trinajstić information content (AvgIpc) is 3.05. The highest BCUT2D eigenvalue weighted by molar-refractivity contribution is 5.75. The Balaban J connectivity index is 1.71. The summed E-state index contributed by atoms with van der Waals surface area (Å²) >= 11 is 0.